The second-order valence-electron chi connectivity index (χ2n) is 2.50. The molecule has 0 fully saturated rings. The number of rotatable bonds is 0. The van der Waals surface area contributed by atoms with E-state index in [4.69, 9.17) is 0 Å². The summed E-state index contributed by atoms with van der Waals surface area (Å²) in [5.74, 6) is -0.188. The lowest BCUT2D eigenvalue weighted by Gasteiger charge is -1.99. The maximum atomic E-state index is 11.2. The van der Waals surface area contributed by atoms with Gasteiger partial charge in [0.15, 0.2) is 0 Å². The minimum Gasteiger partial charge on any atom is -0.267 e. The summed E-state index contributed by atoms with van der Waals surface area (Å²) >= 11 is 0. The molecule has 1 aromatic rings. The van der Waals surface area contributed by atoms with Crippen LogP contribution in [-0.2, 0) is 6.54 Å². The van der Waals surface area contributed by atoms with E-state index in [0.29, 0.717) is 12.1 Å². The largest absolute Gasteiger partial charge is 0.273 e. The number of fused-ring (bicyclic) bond motifs is 1. The molecule has 60 valence electrons. The van der Waals surface area contributed by atoms with E-state index in [-0.39, 0.29) is 5.91 Å². The molecule has 0 unspecified atom stereocenters. The highest BCUT2D eigenvalue weighted by Crippen LogP contribution is 2.11. The Morgan fingerprint density at radius 2 is 2.17 bits per heavy atom. The molecule has 1 heterocycles. The number of nitrogens with zero attached hydrogens (tertiary/aromatic N) is 2. The van der Waals surface area contributed by atoms with Gasteiger partial charge in [-0.1, -0.05) is 23.4 Å². The second-order valence-corrected chi connectivity index (χ2v) is 2.50. The first kappa shape index (κ1) is 6.97. The van der Waals surface area contributed by atoms with Gasteiger partial charge in [-0.25, -0.2) is 5.43 Å². The van der Waals surface area contributed by atoms with E-state index in [1.807, 2.05) is 18.2 Å². The number of amides is 1. The molecule has 4 nitrogen and oxygen atoms in total. The third-order valence-corrected chi connectivity index (χ3v) is 1.73. The zero-order valence-electron chi connectivity index (χ0n) is 6.32. The minimum atomic E-state index is -0.188. The van der Waals surface area contributed by atoms with Crippen molar-refractivity contribution < 1.29 is 4.79 Å². The van der Waals surface area contributed by atoms with Crippen LogP contribution in [-0.4, -0.2) is 5.91 Å². The normalized spacial score (nSPS) is 14.8. The number of nitrogens with one attached hydrogen (secondary N) is 1. The van der Waals surface area contributed by atoms with Crippen LogP contribution in [0.4, 0.5) is 0 Å². The van der Waals surface area contributed by atoms with E-state index < -0.39 is 0 Å². The monoisotopic (exact) mass is 161 g/mol. The summed E-state index contributed by atoms with van der Waals surface area (Å²) in [6, 6.07) is 7.34. The molecule has 0 saturated carbocycles. The van der Waals surface area contributed by atoms with E-state index in [0.717, 1.165) is 5.56 Å². The van der Waals surface area contributed by atoms with Gasteiger partial charge in [0, 0.05) is 5.56 Å². The van der Waals surface area contributed by atoms with Crippen LogP contribution < -0.4 is 5.43 Å². The van der Waals surface area contributed by atoms with Crippen molar-refractivity contribution in [2.24, 2.45) is 10.3 Å². The van der Waals surface area contributed by atoms with Crippen molar-refractivity contribution in [2.75, 3.05) is 0 Å². The predicted molar refractivity (Wildman–Crippen MR) is 42.5 cm³/mol. The zero-order valence-corrected chi connectivity index (χ0v) is 6.32. The van der Waals surface area contributed by atoms with E-state index >= 15 is 0 Å². The lowest BCUT2D eigenvalue weighted by molar-refractivity contribution is 0.0953. The topological polar surface area (TPSA) is 53.8 Å². The highest BCUT2D eigenvalue weighted by atomic mass is 16.2. The summed E-state index contributed by atoms with van der Waals surface area (Å²) in [7, 11) is 0. The van der Waals surface area contributed by atoms with Gasteiger partial charge in [0.2, 0.25) is 0 Å². The van der Waals surface area contributed by atoms with Gasteiger partial charge in [-0.05, 0) is 11.6 Å². The SMILES string of the molecule is O=C1NN=NCc2ccccc21. The molecule has 0 atom stereocenters. The van der Waals surface area contributed by atoms with Gasteiger partial charge in [-0.2, -0.15) is 5.11 Å². The number of hydrogen-bond donors (Lipinski definition) is 1. The first-order valence-corrected chi connectivity index (χ1v) is 3.62. The van der Waals surface area contributed by atoms with Crippen molar-refractivity contribution in [1.82, 2.24) is 5.43 Å². The first-order chi connectivity index (χ1) is 5.88. The maximum Gasteiger partial charge on any atom is 0.273 e. The summed E-state index contributed by atoms with van der Waals surface area (Å²) < 4.78 is 0. The van der Waals surface area contributed by atoms with Crippen LogP contribution in [0, 0.1) is 0 Å². The molecule has 12 heavy (non-hydrogen) atoms. The lowest BCUT2D eigenvalue weighted by Crippen LogP contribution is -2.16. The molecule has 0 spiro atoms. The molecule has 1 amide bonds. The van der Waals surface area contributed by atoms with Crippen molar-refractivity contribution >= 4 is 5.91 Å². The Morgan fingerprint density at radius 1 is 1.33 bits per heavy atom. The van der Waals surface area contributed by atoms with E-state index in [1.165, 1.54) is 0 Å². The second kappa shape index (κ2) is 2.73. The minimum absolute atomic E-state index is 0.188. The smallest absolute Gasteiger partial charge is 0.267 e. The van der Waals surface area contributed by atoms with Gasteiger partial charge in [0.05, 0.1) is 6.54 Å². The highest BCUT2D eigenvalue weighted by molar-refractivity contribution is 5.95. The van der Waals surface area contributed by atoms with Crippen LogP contribution in [0.5, 0.6) is 0 Å². The summed E-state index contributed by atoms with van der Waals surface area (Å²) in [6.45, 7) is 0.467. The zero-order chi connectivity index (χ0) is 8.39. The Hall–Kier alpha value is -1.71. The van der Waals surface area contributed by atoms with Crippen LogP contribution in [0.1, 0.15) is 15.9 Å². The molecule has 0 aromatic heterocycles. The summed E-state index contributed by atoms with van der Waals surface area (Å²) in [4.78, 5) is 11.2. The molecule has 1 N–H and O–H groups in total. The standard InChI is InChI=1S/C8H7N3O/c12-8-7-4-2-1-3-6(7)5-9-11-10-8/h1-4H,5H2,(H,9,10,12). The molecular formula is C8H7N3O. The van der Waals surface area contributed by atoms with Crippen molar-refractivity contribution in [3.8, 4) is 0 Å². The number of hydrogen-bond acceptors (Lipinski definition) is 3. The lowest BCUT2D eigenvalue weighted by atomic mass is 10.1. The maximum absolute atomic E-state index is 11.2. The van der Waals surface area contributed by atoms with Crippen molar-refractivity contribution in [1.29, 1.82) is 0 Å². The predicted octanol–water partition coefficient (Wildman–Crippen LogP) is 1.30. The molecule has 4 heteroatoms. The fourth-order valence-electron chi connectivity index (χ4n) is 1.13. The average molecular weight is 161 g/mol. The fourth-order valence-corrected chi connectivity index (χ4v) is 1.13. The van der Waals surface area contributed by atoms with Crippen LogP contribution in [0.15, 0.2) is 34.6 Å². The molecule has 1 aliphatic heterocycles. The first-order valence-electron chi connectivity index (χ1n) is 3.62. The van der Waals surface area contributed by atoms with Gasteiger partial charge in [0.1, 0.15) is 0 Å². The third-order valence-electron chi connectivity index (χ3n) is 1.73. The van der Waals surface area contributed by atoms with Gasteiger partial charge in [-0.3, -0.25) is 4.79 Å². The van der Waals surface area contributed by atoms with Crippen molar-refractivity contribution in [3.05, 3.63) is 35.4 Å². The van der Waals surface area contributed by atoms with Gasteiger partial charge >= 0.3 is 0 Å². The molecule has 1 aliphatic rings. The molecular weight excluding hydrogens is 154 g/mol. The van der Waals surface area contributed by atoms with Crippen LogP contribution in [0.25, 0.3) is 0 Å². The van der Waals surface area contributed by atoms with Gasteiger partial charge in [-0.15, -0.1) is 0 Å². The van der Waals surface area contributed by atoms with E-state index in [1.54, 1.807) is 6.07 Å². The van der Waals surface area contributed by atoms with Crippen LogP contribution in [0.2, 0.25) is 0 Å². The summed E-state index contributed by atoms with van der Waals surface area (Å²) in [5.41, 5.74) is 3.89. The highest BCUT2D eigenvalue weighted by Gasteiger charge is 2.11. The Bertz CT molecular complexity index is 346. The molecule has 0 saturated heterocycles. The Labute approximate surface area is 69.3 Å². The van der Waals surface area contributed by atoms with Gasteiger partial charge in [0.25, 0.3) is 5.91 Å². The quantitative estimate of drug-likeness (QED) is 0.612. The van der Waals surface area contributed by atoms with Crippen LogP contribution in [0.3, 0.4) is 0 Å². The molecule has 0 bridgehead atoms. The van der Waals surface area contributed by atoms with E-state index in [9.17, 15) is 4.79 Å². The molecule has 0 radical (unpaired) electrons. The van der Waals surface area contributed by atoms with E-state index in [2.05, 4.69) is 15.8 Å². The van der Waals surface area contributed by atoms with Crippen molar-refractivity contribution in [3.63, 3.8) is 0 Å². The Morgan fingerprint density at radius 3 is 3.08 bits per heavy atom. The average Bonchev–Trinajstić information content (AvgIpc) is 2.29. The molecule has 1 aromatic carbocycles. The Kier molecular flexibility index (Phi) is 1.59. The van der Waals surface area contributed by atoms with Crippen molar-refractivity contribution in [2.45, 2.75) is 6.54 Å². The number of carbonyl (C=O) groups is 1. The molecule has 2 rings (SSSR count). The number of carbonyl (C=O) groups excluding carboxylic acids is 1. The van der Waals surface area contributed by atoms with Gasteiger partial charge < -0.3 is 0 Å². The Balaban J connectivity index is 2.52. The summed E-state index contributed by atoms with van der Waals surface area (Å²) in [5, 5.41) is 7.25. The molecule has 0 aliphatic carbocycles. The summed E-state index contributed by atoms with van der Waals surface area (Å²) in [6.07, 6.45) is 0. The number of benzene rings is 1. The third kappa shape index (κ3) is 1.07. The fraction of sp³-hybridized carbons (Fsp3) is 0.125. The van der Waals surface area contributed by atoms with Crippen LogP contribution >= 0.6 is 0 Å².